The Hall–Kier alpha value is -3.54. The molecule has 3 aromatic heterocycles. The van der Waals surface area contributed by atoms with Gasteiger partial charge in [0, 0.05) is 29.2 Å². The first kappa shape index (κ1) is 20.7. The zero-order valence-electron chi connectivity index (χ0n) is 17.4. The SMILES string of the molecule is C=C(c1ccc2ncc(C(=C)NCC(F)F)n2c1)c1cc(C2=CCCC=C2)cnc1C. The van der Waals surface area contributed by atoms with Crippen LogP contribution < -0.4 is 5.32 Å². The number of nitrogens with one attached hydrogen (secondary N) is 1. The van der Waals surface area contributed by atoms with Crippen LogP contribution in [0.15, 0.2) is 68.2 Å². The third-order valence-corrected chi connectivity index (χ3v) is 5.37. The average molecular weight is 418 g/mol. The summed E-state index contributed by atoms with van der Waals surface area (Å²) in [6.07, 6.45) is 11.6. The van der Waals surface area contributed by atoms with E-state index in [2.05, 4.69) is 52.7 Å². The summed E-state index contributed by atoms with van der Waals surface area (Å²) in [6, 6.07) is 5.95. The molecule has 6 heteroatoms. The third kappa shape index (κ3) is 4.33. The van der Waals surface area contributed by atoms with Crippen molar-refractivity contribution in [2.45, 2.75) is 26.2 Å². The van der Waals surface area contributed by atoms with Crippen LogP contribution in [0.1, 0.15) is 40.9 Å². The van der Waals surface area contributed by atoms with Gasteiger partial charge in [-0.05, 0) is 54.7 Å². The van der Waals surface area contributed by atoms with Crippen LogP contribution in [0.3, 0.4) is 0 Å². The minimum Gasteiger partial charge on any atom is -0.378 e. The molecule has 4 nitrogen and oxygen atoms in total. The fourth-order valence-electron chi connectivity index (χ4n) is 3.65. The maximum atomic E-state index is 12.6. The van der Waals surface area contributed by atoms with E-state index in [1.807, 2.05) is 35.9 Å². The van der Waals surface area contributed by atoms with Crippen molar-refractivity contribution in [3.63, 3.8) is 0 Å². The lowest BCUT2D eigenvalue weighted by molar-refractivity contribution is 0.151. The molecule has 0 fully saturated rings. The molecule has 0 saturated carbocycles. The van der Waals surface area contributed by atoms with E-state index in [9.17, 15) is 8.78 Å². The average Bonchev–Trinajstić information content (AvgIpc) is 3.21. The number of halogens is 2. The van der Waals surface area contributed by atoms with Crippen LogP contribution in [0, 0.1) is 6.92 Å². The first-order valence-corrected chi connectivity index (χ1v) is 10.2. The molecule has 0 spiro atoms. The second-order valence-corrected chi connectivity index (χ2v) is 7.51. The molecule has 1 aliphatic rings. The van der Waals surface area contributed by atoms with Crippen LogP contribution in [0.25, 0.3) is 22.5 Å². The monoisotopic (exact) mass is 418 g/mol. The molecule has 3 aromatic rings. The summed E-state index contributed by atoms with van der Waals surface area (Å²) in [5.41, 5.74) is 7.54. The van der Waals surface area contributed by atoms with Crippen LogP contribution in [0.4, 0.5) is 8.78 Å². The predicted molar refractivity (Wildman–Crippen MR) is 122 cm³/mol. The summed E-state index contributed by atoms with van der Waals surface area (Å²) in [5, 5.41) is 2.66. The van der Waals surface area contributed by atoms with Gasteiger partial charge < -0.3 is 5.32 Å². The normalized spacial score (nSPS) is 13.5. The highest BCUT2D eigenvalue weighted by atomic mass is 19.3. The number of pyridine rings is 2. The molecule has 0 unspecified atom stereocenters. The number of alkyl halides is 2. The van der Waals surface area contributed by atoms with Gasteiger partial charge in [-0.2, -0.15) is 0 Å². The highest BCUT2D eigenvalue weighted by Gasteiger charge is 2.13. The summed E-state index contributed by atoms with van der Waals surface area (Å²) >= 11 is 0. The highest BCUT2D eigenvalue weighted by molar-refractivity contribution is 5.83. The lowest BCUT2D eigenvalue weighted by atomic mass is 9.94. The number of imidazole rings is 1. The first-order chi connectivity index (χ1) is 14.9. The smallest absolute Gasteiger partial charge is 0.255 e. The summed E-state index contributed by atoms with van der Waals surface area (Å²) in [6.45, 7) is 9.71. The second-order valence-electron chi connectivity index (χ2n) is 7.51. The number of aryl methyl sites for hydroxylation is 1. The van der Waals surface area contributed by atoms with Gasteiger partial charge in [0.1, 0.15) is 5.65 Å². The number of allylic oxidation sites excluding steroid dienone is 4. The molecule has 0 aromatic carbocycles. The van der Waals surface area contributed by atoms with Gasteiger partial charge >= 0.3 is 0 Å². The molecule has 0 saturated heterocycles. The van der Waals surface area contributed by atoms with Gasteiger partial charge in [-0.25, -0.2) is 13.8 Å². The number of hydrogen-bond donors (Lipinski definition) is 1. The van der Waals surface area contributed by atoms with Crippen molar-refractivity contribution >= 4 is 22.5 Å². The van der Waals surface area contributed by atoms with Crippen molar-refractivity contribution in [2.24, 2.45) is 0 Å². The van der Waals surface area contributed by atoms with Crippen LogP contribution in [0.2, 0.25) is 0 Å². The van der Waals surface area contributed by atoms with Crippen molar-refractivity contribution < 1.29 is 8.78 Å². The zero-order valence-corrected chi connectivity index (χ0v) is 17.4. The van der Waals surface area contributed by atoms with Gasteiger partial charge in [-0.1, -0.05) is 31.4 Å². The Balaban J connectivity index is 1.68. The molecule has 158 valence electrons. The minimum atomic E-state index is -2.46. The Morgan fingerprint density at radius 1 is 1.19 bits per heavy atom. The topological polar surface area (TPSA) is 42.2 Å². The van der Waals surface area contributed by atoms with Crippen LogP contribution in [0.5, 0.6) is 0 Å². The van der Waals surface area contributed by atoms with Gasteiger partial charge in [0.15, 0.2) is 0 Å². The van der Waals surface area contributed by atoms with E-state index in [1.165, 1.54) is 5.57 Å². The molecule has 4 rings (SSSR count). The van der Waals surface area contributed by atoms with Crippen molar-refractivity contribution in [1.82, 2.24) is 19.7 Å². The standard InChI is InChI=1S/C25H24F2N4/c1-16(22-11-21(12-28-17(22)2)19-7-5-4-6-8-19)20-9-10-25-30-13-23(31(25)15-20)18(3)29-14-24(26)27/h5,7-13,15,24,29H,1,3-4,6,14H2,2H3. The molecule has 0 radical (unpaired) electrons. The molecule has 3 heterocycles. The molecule has 1 N–H and O–H groups in total. The predicted octanol–water partition coefficient (Wildman–Crippen LogP) is 5.66. The first-order valence-electron chi connectivity index (χ1n) is 10.2. The Bertz CT molecular complexity index is 1220. The fourth-order valence-corrected chi connectivity index (χ4v) is 3.65. The molecule has 0 atom stereocenters. The van der Waals surface area contributed by atoms with E-state index in [0.717, 1.165) is 40.8 Å². The third-order valence-electron chi connectivity index (χ3n) is 5.37. The van der Waals surface area contributed by atoms with Gasteiger partial charge in [-0.15, -0.1) is 0 Å². The van der Waals surface area contributed by atoms with E-state index in [0.29, 0.717) is 17.0 Å². The molecule has 1 aliphatic carbocycles. The minimum absolute atomic E-state index is 0.395. The van der Waals surface area contributed by atoms with Crippen molar-refractivity contribution in [3.05, 3.63) is 96.3 Å². The van der Waals surface area contributed by atoms with Crippen molar-refractivity contribution in [3.8, 4) is 0 Å². The van der Waals surface area contributed by atoms with Gasteiger partial charge in [0.2, 0.25) is 0 Å². The Labute approximate surface area is 180 Å². The molecule has 0 bridgehead atoms. The van der Waals surface area contributed by atoms with Crippen LogP contribution in [-0.4, -0.2) is 27.3 Å². The lowest BCUT2D eigenvalue weighted by Crippen LogP contribution is -2.19. The van der Waals surface area contributed by atoms with E-state index in [1.54, 1.807) is 6.20 Å². The van der Waals surface area contributed by atoms with Crippen LogP contribution in [-0.2, 0) is 0 Å². The molecular formula is C25H24F2N4. The molecule has 0 amide bonds. The summed E-state index contributed by atoms with van der Waals surface area (Å²) in [4.78, 5) is 8.94. The summed E-state index contributed by atoms with van der Waals surface area (Å²) < 4.78 is 27.0. The quantitative estimate of drug-likeness (QED) is 0.539. The summed E-state index contributed by atoms with van der Waals surface area (Å²) in [7, 11) is 0. The molecule has 0 aliphatic heterocycles. The lowest BCUT2D eigenvalue weighted by Gasteiger charge is -2.14. The summed E-state index contributed by atoms with van der Waals surface area (Å²) in [5.74, 6) is 0. The zero-order chi connectivity index (χ0) is 22.0. The Morgan fingerprint density at radius 2 is 2.03 bits per heavy atom. The second kappa shape index (κ2) is 8.68. The number of hydrogen-bond acceptors (Lipinski definition) is 3. The van der Waals surface area contributed by atoms with E-state index < -0.39 is 13.0 Å². The highest BCUT2D eigenvalue weighted by Crippen LogP contribution is 2.29. The Morgan fingerprint density at radius 3 is 2.77 bits per heavy atom. The number of aromatic nitrogens is 3. The van der Waals surface area contributed by atoms with Gasteiger partial charge in [-0.3, -0.25) is 9.38 Å². The van der Waals surface area contributed by atoms with E-state index in [4.69, 9.17) is 0 Å². The van der Waals surface area contributed by atoms with E-state index in [-0.39, 0.29) is 0 Å². The van der Waals surface area contributed by atoms with Crippen molar-refractivity contribution in [2.75, 3.05) is 6.54 Å². The number of nitrogens with zero attached hydrogens (tertiary/aromatic N) is 3. The van der Waals surface area contributed by atoms with Crippen molar-refractivity contribution in [1.29, 1.82) is 0 Å². The van der Waals surface area contributed by atoms with E-state index >= 15 is 0 Å². The molecule has 31 heavy (non-hydrogen) atoms. The number of rotatable bonds is 7. The molecular weight excluding hydrogens is 394 g/mol. The van der Waals surface area contributed by atoms with Gasteiger partial charge in [0.05, 0.1) is 24.1 Å². The largest absolute Gasteiger partial charge is 0.378 e. The number of fused-ring (bicyclic) bond motifs is 1. The maximum absolute atomic E-state index is 12.6. The van der Waals surface area contributed by atoms with Crippen LogP contribution >= 0.6 is 0 Å². The fraction of sp³-hybridized carbons (Fsp3) is 0.200. The Kier molecular flexibility index (Phi) is 5.80. The maximum Gasteiger partial charge on any atom is 0.255 e. The van der Waals surface area contributed by atoms with Gasteiger partial charge in [0.25, 0.3) is 6.43 Å².